The molecule has 2 rings (SSSR count). The first-order valence-electron chi connectivity index (χ1n) is 7.37. The fourth-order valence-corrected chi connectivity index (χ4v) is 2.35. The summed E-state index contributed by atoms with van der Waals surface area (Å²) < 4.78 is 5.50. The fraction of sp³-hybridized carbons (Fsp3) is 0.316. The van der Waals surface area contributed by atoms with Gasteiger partial charge < -0.3 is 4.74 Å². The van der Waals surface area contributed by atoms with E-state index in [-0.39, 0.29) is 12.1 Å². The van der Waals surface area contributed by atoms with Crippen LogP contribution in [0.2, 0.25) is 0 Å². The standard InChI is InChI=1S/C19H22O2/c1-14(2)17-9-11-18(12-10-17)19(21-15(3)20)13-16-7-5-4-6-8-16/h4-12,14,19H,13H2,1-3H3. The summed E-state index contributed by atoms with van der Waals surface area (Å²) in [6, 6.07) is 18.4. The zero-order chi connectivity index (χ0) is 15.2. The molecule has 0 aliphatic carbocycles. The number of hydrogen-bond donors (Lipinski definition) is 0. The van der Waals surface area contributed by atoms with Crippen molar-refractivity contribution in [2.75, 3.05) is 0 Å². The Morgan fingerprint density at radius 2 is 1.52 bits per heavy atom. The molecule has 21 heavy (non-hydrogen) atoms. The largest absolute Gasteiger partial charge is 0.457 e. The van der Waals surface area contributed by atoms with Gasteiger partial charge in [-0.05, 0) is 22.6 Å². The van der Waals surface area contributed by atoms with Crippen LogP contribution in [0.5, 0.6) is 0 Å². The van der Waals surface area contributed by atoms with E-state index in [2.05, 4.69) is 50.2 Å². The lowest BCUT2D eigenvalue weighted by molar-refractivity contribution is -0.146. The van der Waals surface area contributed by atoms with Crippen molar-refractivity contribution in [2.24, 2.45) is 0 Å². The molecule has 0 aromatic heterocycles. The van der Waals surface area contributed by atoms with Crippen molar-refractivity contribution in [3.05, 3.63) is 71.3 Å². The van der Waals surface area contributed by atoms with E-state index in [1.807, 2.05) is 18.2 Å². The molecule has 0 radical (unpaired) electrons. The lowest BCUT2D eigenvalue weighted by Gasteiger charge is -2.18. The van der Waals surface area contributed by atoms with Gasteiger partial charge in [0.2, 0.25) is 0 Å². The van der Waals surface area contributed by atoms with Crippen molar-refractivity contribution in [1.29, 1.82) is 0 Å². The number of rotatable bonds is 5. The van der Waals surface area contributed by atoms with E-state index in [0.717, 1.165) is 11.1 Å². The van der Waals surface area contributed by atoms with Gasteiger partial charge in [-0.25, -0.2) is 0 Å². The number of ether oxygens (including phenoxy) is 1. The normalized spacial score (nSPS) is 12.2. The molecule has 0 aliphatic rings. The van der Waals surface area contributed by atoms with Gasteiger partial charge in [-0.3, -0.25) is 4.79 Å². The second-order valence-corrected chi connectivity index (χ2v) is 5.61. The molecule has 2 aromatic carbocycles. The summed E-state index contributed by atoms with van der Waals surface area (Å²) in [7, 11) is 0. The van der Waals surface area contributed by atoms with Crippen molar-refractivity contribution in [3.63, 3.8) is 0 Å². The van der Waals surface area contributed by atoms with Crippen LogP contribution in [0.25, 0.3) is 0 Å². The van der Waals surface area contributed by atoms with Crippen molar-refractivity contribution in [1.82, 2.24) is 0 Å². The Bertz CT molecular complexity index is 570. The molecule has 0 saturated carbocycles. The van der Waals surface area contributed by atoms with Crippen LogP contribution in [-0.4, -0.2) is 5.97 Å². The molecule has 0 saturated heterocycles. The van der Waals surface area contributed by atoms with Crippen LogP contribution in [0.4, 0.5) is 0 Å². The van der Waals surface area contributed by atoms with E-state index in [1.165, 1.54) is 12.5 Å². The third-order valence-electron chi connectivity index (χ3n) is 3.55. The van der Waals surface area contributed by atoms with Crippen molar-refractivity contribution in [3.8, 4) is 0 Å². The molecule has 1 atom stereocenters. The first-order valence-corrected chi connectivity index (χ1v) is 7.37. The second kappa shape index (κ2) is 7.07. The predicted octanol–water partition coefficient (Wildman–Crippen LogP) is 4.66. The molecule has 0 heterocycles. The van der Waals surface area contributed by atoms with E-state index < -0.39 is 0 Å². The maximum Gasteiger partial charge on any atom is 0.303 e. The van der Waals surface area contributed by atoms with E-state index in [1.54, 1.807) is 0 Å². The summed E-state index contributed by atoms with van der Waals surface area (Å²) in [5.74, 6) is 0.254. The molecule has 0 bridgehead atoms. The second-order valence-electron chi connectivity index (χ2n) is 5.61. The predicted molar refractivity (Wildman–Crippen MR) is 85.2 cm³/mol. The topological polar surface area (TPSA) is 26.3 Å². The Hall–Kier alpha value is -2.09. The van der Waals surface area contributed by atoms with Gasteiger partial charge >= 0.3 is 5.97 Å². The van der Waals surface area contributed by atoms with Gasteiger partial charge in [0.05, 0.1) is 0 Å². The Balaban J connectivity index is 2.21. The molecular formula is C19H22O2. The van der Waals surface area contributed by atoms with Crippen molar-refractivity contribution >= 4 is 5.97 Å². The van der Waals surface area contributed by atoms with Crippen LogP contribution < -0.4 is 0 Å². The molecule has 2 nitrogen and oxygen atoms in total. The molecule has 2 heteroatoms. The van der Waals surface area contributed by atoms with Crippen LogP contribution >= 0.6 is 0 Å². The van der Waals surface area contributed by atoms with Crippen LogP contribution in [0, 0.1) is 0 Å². The minimum atomic E-state index is -0.246. The van der Waals surface area contributed by atoms with Gasteiger partial charge in [0.25, 0.3) is 0 Å². The van der Waals surface area contributed by atoms with Gasteiger partial charge in [-0.15, -0.1) is 0 Å². The van der Waals surface area contributed by atoms with E-state index >= 15 is 0 Å². The zero-order valence-electron chi connectivity index (χ0n) is 12.9. The van der Waals surface area contributed by atoms with Crippen molar-refractivity contribution < 1.29 is 9.53 Å². The van der Waals surface area contributed by atoms with E-state index in [0.29, 0.717) is 12.3 Å². The molecule has 0 fully saturated rings. The number of hydrogen-bond acceptors (Lipinski definition) is 2. The number of benzene rings is 2. The van der Waals surface area contributed by atoms with E-state index in [4.69, 9.17) is 4.74 Å². The lowest BCUT2D eigenvalue weighted by Crippen LogP contribution is -2.11. The lowest BCUT2D eigenvalue weighted by atomic mass is 9.97. The third-order valence-corrected chi connectivity index (χ3v) is 3.55. The Morgan fingerprint density at radius 1 is 0.952 bits per heavy atom. The monoisotopic (exact) mass is 282 g/mol. The highest BCUT2D eigenvalue weighted by Gasteiger charge is 2.15. The Kier molecular flexibility index (Phi) is 5.15. The quantitative estimate of drug-likeness (QED) is 0.746. The molecule has 2 aromatic rings. The Morgan fingerprint density at radius 3 is 2.05 bits per heavy atom. The first kappa shape index (κ1) is 15.3. The maximum absolute atomic E-state index is 11.4. The van der Waals surface area contributed by atoms with Crippen molar-refractivity contribution in [2.45, 2.75) is 39.2 Å². The molecule has 0 amide bonds. The first-order chi connectivity index (χ1) is 10.1. The summed E-state index contributed by atoms with van der Waals surface area (Å²) >= 11 is 0. The van der Waals surface area contributed by atoms with Crippen LogP contribution in [-0.2, 0) is 16.0 Å². The summed E-state index contributed by atoms with van der Waals surface area (Å²) in [5, 5.41) is 0. The highest BCUT2D eigenvalue weighted by molar-refractivity contribution is 5.66. The summed E-state index contributed by atoms with van der Waals surface area (Å²) in [4.78, 5) is 11.4. The smallest absolute Gasteiger partial charge is 0.303 e. The highest BCUT2D eigenvalue weighted by Crippen LogP contribution is 2.24. The van der Waals surface area contributed by atoms with Gasteiger partial charge in [0.15, 0.2) is 0 Å². The molecule has 0 spiro atoms. The van der Waals surface area contributed by atoms with Gasteiger partial charge in [-0.2, -0.15) is 0 Å². The molecule has 0 aliphatic heterocycles. The zero-order valence-corrected chi connectivity index (χ0v) is 12.9. The average molecular weight is 282 g/mol. The van der Waals surface area contributed by atoms with Crippen LogP contribution in [0.15, 0.2) is 54.6 Å². The highest BCUT2D eigenvalue weighted by atomic mass is 16.5. The van der Waals surface area contributed by atoms with Gasteiger partial charge in [0, 0.05) is 13.3 Å². The van der Waals surface area contributed by atoms with Crippen LogP contribution in [0.1, 0.15) is 49.5 Å². The third kappa shape index (κ3) is 4.45. The average Bonchev–Trinajstić information content (AvgIpc) is 2.47. The minimum absolute atomic E-state index is 0.230. The molecule has 0 N–H and O–H groups in total. The summed E-state index contributed by atoms with van der Waals surface area (Å²) in [5.41, 5.74) is 3.50. The van der Waals surface area contributed by atoms with Crippen LogP contribution in [0.3, 0.4) is 0 Å². The fourth-order valence-electron chi connectivity index (χ4n) is 2.35. The Labute approximate surface area is 126 Å². The van der Waals surface area contributed by atoms with E-state index in [9.17, 15) is 4.79 Å². The maximum atomic E-state index is 11.4. The number of esters is 1. The summed E-state index contributed by atoms with van der Waals surface area (Å²) in [6.07, 6.45) is 0.465. The summed E-state index contributed by atoms with van der Waals surface area (Å²) in [6.45, 7) is 5.80. The number of carbonyl (C=O) groups is 1. The minimum Gasteiger partial charge on any atom is -0.457 e. The SMILES string of the molecule is CC(=O)OC(Cc1ccccc1)c1ccc(C(C)C)cc1. The van der Waals surface area contributed by atoms with Gasteiger partial charge in [0.1, 0.15) is 6.10 Å². The molecule has 1 unspecified atom stereocenters. The molecule has 110 valence electrons. The van der Waals surface area contributed by atoms with Gasteiger partial charge in [-0.1, -0.05) is 68.4 Å². The molecular weight excluding hydrogens is 260 g/mol. The number of carbonyl (C=O) groups excluding carboxylic acids is 1.